The summed E-state index contributed by atoms with van der Waals surface area (Å²) >= 11 is 0. The lowest BCUT2D eigenvalue weighted by Gasteiger charge is -2.18. The van der Waals surface area contributed by atoms with Crippen molar-refractivity contribution in [1.82, 2.24) is 0 Å². The van der Waals surface area contributed by atoms with Crippen molar-refractivity contribution in [3.8, 4) is 5.75 Å². The normalized spacial score (nSPS) is 14.9. The van der Waals surface area contributed by atoms with Gasteiger partial charge in [-0.05, 0) is 48.2 Å². The molecule has 0 saturated carbocycles. The summed E-state index contributed by atoms with van der Waals surface area (Å²) in [6, 6.07) is 11.7. The zero-order chi connectivity index (χ0) is 18.0. The fourth-order valence-corrected chi connectivity index (χ4v) is 3.64. The summed E-state index contributed by atoms with van der Waals surface area (Å²) in [5.74, 6) is 0.571. The molecule has 0 fully saturated rings. The molecule has 1 atom stereocenters. The highest BCUT2D eigenvalue weighted by Gasteiger charge is 2.21. The van der Waals surface area contributed by atoms with Crippen LogP contribution < -0.4 is 14.8 Å². The van der Waals surface area contributed by atoms with E-state index in [0.717, 1.165) is 6.42 Å². The highest BCUT2D eigenvalue weighted by molar-refractivity contribution is 7.92. The second-order valence-electron chi connectivity index (χ2n) is 6.03. The average molecular weight is 360 g/mol. The van der Waals surface area contributed by atoms with Crippen LogP contribution in [-0.2, 0) is 14.8 Å². The van der Waals surface area contributed by atoms with Gasteiger partial charge in [-0.15, -0.1) is 0 Å². The van der Waals surface area contributed by atoms with Gasteiger partial charge in [-0.3, -0.25) is 9.52 Å². The average Bonchev–Trinajstić information content (AvgIpc) is 2.60. The van der Waals surface area contributed by atoms with Crippen molar-refractivity contribution >= 4 is 27.3 Å². The fourth-order valence-electron chi connectivity index (χ4n) is 2.56. The van der Waals surface area contributed by atoms with Crippen molar-refractivity contribution in [2.24, 2.45) is 0 Å². The molecule has 1 aliphatic rings. The highest BCUT2D eigenvalue weighted by atomic mass is 32.2. The second-order valence-corrected chi connectivity index (χ2v) is 7.71. The molecule has 7 heteroatoms. The van der Waals surface area contributed by atoms with Gasteiger partial charge in [0.1, 0.15) is 5.75 Å². The first-order valence-electron chi connectivity index (χ1n) is 8.08. The van der Waals surface area contributed by atoms with E-state index in [2.05, 4.69) is 23.9 Å². The Morgan fingerprint density at radius 2 is 1.92 bits per heavy atom. The highest BCUT2D eigenvalue weighted by Crippen LogP contribution is 2.31. The molecule has 1 amide bonds. The summed E-state index contributed by atoms with van der Waals surface area (Å²) in [7, 11) is -3.76. The van der Waals surface area contributed by atoms with Crippen molar-refractivity contribution in [3.05, 3.63) is 48.0 Å². The maximum Gasteiger partial charge on any atom is 0.262 e. The van der Waals surface area contributed by atoms with Gasteiger partial charge >= 0.3 is 0 Å². The molecular formula is C18H20N2O4S. The number of benzene rings is 2. The van der Waals surface area contributed by atoms with Crippen LogP contribution in [0.25, 0.3) is 0 Å². The monoisotopic (exact) mass is 360 g/mol. The van der Waals surface area contributed by atoms with Crippen LogP contribution in [0.3, 0.4) is 0 Å². The van der Waals surface area contributed by atoms with Crippen molar-refractivity contribution in [1.29, 1.82) is 0 Å². The number of hydrogen-bond donors (Lipinski definition) is 2. The molecule has 0 bridgehead atoms. The maximum absolute atomic E-state index is 12.6. The topological polar surface area (TPSA) is 84.5 Å². The minimum absolute atomic E-state index is 0.0584. The minimum Gasteiger partial charge on any atom is -0.482 e. The van der Waals surface area contributed by atoms with Gasteiger partial charge in [-0.2, -0.15) is 0 Å². The molecule has 2 N–H and O–H groups in total. The number of fused-ring (bicyclic) bond motifs is 1. The molecule has 2 aromatic rings. The largest absolute Gasteiger partial charge is 0.482 e. The third-order valence-corrected chi connectivity index (χ3v) is 5.62. The van der Waals surface area contributed by atoms with Crippen molar-refractivity contribution in [2.45, 2.75) is 31.1 Å². The third kappa shape index (κ3) is 3.76. The number of hydrogen-bond acceptors (Lipinski definition) is 4. The number of amides is 1. The molecule has 0 aromatic heterocycles. The van der Waals surface area contributed by atoms with Gasteiger partial charge in [0.25, 0.3) is 15.9 Å². The lowest BCUT2D eigenvalue weighted by atomic mass is 9.99. The number of rotatable bonds is 5. The van der Waals surface area contributed by atoms with Gasteiger partial charge in [0.15, 0.2) is 6.61 Å². The van der Waals surface area contributed by atoms with Crippen molar-refractivity contribution < 1.29 is 17.9 Å². The Bertz CT molecular complexity index is 892. The van der Waals surface area contributed by atoms with Crippen LogP contribution in [0.15, 0.2) is 47.4 Å². The van der Waals surface area contributed by atoms with E-state index in [0.29, 0.717) is 23.0 Å². The van der Waals surface area contributed by atoms with Crippen molar-refractivity contribution in [3.63, 3.8) is 0 Å². The Kier molecular flexibility index (Phi) is 4.67. The van der Waals surface area contributed by atoms with Crippen LogP contribution in [0.2, 0.25) is 0 Å². The first kappa shape index (κ1) is 17.3. The van der Waals surface area contributed by atoms with Gasteiger partial charge in [0, 0.05) is 5.69 Å². The lowest BCUT2D eigenvalue weighted by molar-refractivity contribution is -0.118. The minimum atomic E-state index is -3.76. The molecular weight excluding hydrogens is 340 g/mol. The van der Waals surface area contributed by atoms with Gasteiger partial charge in [-0.1, -0.05) is 26.0 Å². The van der Waals surface area contributed by atoms with Crippen LogP contribution in [-0.4, -0.2) is 20.9 Å². The Balaban J connectivity index is 1.82. The number of anilines is 2. The van der Waals surface area contributed by atoms with Crippen LogP contribution in [0.4, 0.5) is 11.4 Å². The van der Waals surface area contributed by atoms with Gasteiger partial charge in [-0.25, -0.2) is 8.42 Å². The third-order valence-electron chi connectivity index (χ3n) is 4.24. The molecule has 0 unspecified atom stereocenters. The van der Waals surface area contributed by atoms with E-state index >= 15 is 0 Å². The number of carbonyl (C=O) groups excluding carboxylic acids is 1. The first-order chi connectivity index (χ1) is 11.9. The predicted octanol–water partition coefficient (Wildman–Crippen LogP) is 3.33. The standard InChI is InChI=1S/C18H20N2O4S/c1-3-12(2)13-4-6-14(7-5-13)20-25(22,23)15-8-9-17-16(10-15)19-18(21)11-24-17/h4-10,12,20H,3,11H2,1-2H3,(H,19,21)/t12-/m1/s1. The van der Waals surface area contributed by atoms with E-state index in [4.69, 9.17) is 4.74 Å². The van der Waals surface area contributed by atoms with E-state index in [9.17, 15) is 13.2 Å². The van der Waals surface area contributed by atoms with E-state index in [1.165, 1.54) is 23.8 Å². The summed E-state index contributed by atoms with van der Waals surface area (Å²) in [6.07, 6.45) is 1.02. The molecule has 0 radical (unpaired) electrons. The Hall–Kier alpha value is -2.54. The Morgan fingerprint density at radius 1 is 1.20 bits per heavy atom. The van der Waals surface area contributed by atoms with E-state index < -0.39 is 10.0 Å². The molecule has 132 valence electrons. The van der Waals surface area contributed by atoms with Crippen LogP contribution in [0.1, 0.15) is 31.7 Å². The second kappa shape index (κ2) is 6.76. The molecule has 2 aromatic carbocycles. The molecule has 1 aliphatic heterocycles. The van der Waals surface area contributed by atoms with E-state index in [1.54, 1.807) is 12.1 Å². The molecule has 0 saturated heterocycles. The molecule has 1 heterocycles. The van der Waals surface area contributed by atoms with Gasteiger partial charge in [0.2, 0.25) is 0 Å². The Morgan fingerprint density at radius 3 is 2.60 bits per heavy atom. The maximum atomic E-state index is 12.6. The van der Waals surface area contributed by atoms with E-state index in [-0.39, 0.29) is 17.4 Å². The SMILES string of the molecule is CC[C@@H](C)c1ccc(NS(=O)(=O)c2ccc3c(c2)NC(=O)CO3)cc1. The van der Waals surface area contributed by atoms with Gasteiger partial charge in [0.05, 0.1) is 10.6 Å². The number of carbonyl (C=O) groups is 1. The van der Waals surface area contributed by atoms with Crippen LogP contribution in [0.5, 0.6) is 5.75 Å². The quantitative estimate of drug-likeness (QED) is 0.856. The molecule has 3 rings (SSSR count). The van der Waals surface area contributed by atoms with Gasteiger partial charge < -0.3 is 10.1 Å². The summed E-state index contributed by atoms with van der Waals surface area (Å²) < 4.78 is 33.0. The molecule has 0 aliphatic carbocycles. The number of sulfonamides is 1. The smallest absolute Gasteiger partial charge is 0.262 e. The number of ether oxygens (including phenoxy) is 1. The zero-order valence-corrected chi connectivity index (χ0v) is 14.9. The molecule has 0 spiro atoms. The van der Waals surface area contributed by atoms with Crippen molar-refractivity contribution in [2.75, 3.05) is 16.6 Å². The fraction of sp³-hybridized carbons (Fsp3) is 0.278. The summed E-state index contributed by atoms with van der Waals surface area (Å²) in [6.45, 7) is 4.17. The summed E-state index contributed by atoms with van der Waals surface area (Å²) in [4.78, 5) is 11.4. The lowest BCUT2D eigenvalue weighted by Crippen LogP contribution is -2.25. The molecule has 25 heavy (non-hydrogen) atoms. The zero-order valence-electron chi connectivity index (χ0n) is 14.1. The Labute approximate surface area is 147 Å². The molecule has 6 nitrogen and oxygen atoms in total. The summed E-state index contributed by atoms with van der Waals surface area (Å²) in [5, 5.41) is 2.61. The number of nitrogens with one attached hydrogen (secondary N) is 2. The summed E-state index contributed by atoms with van der Waals surface area (Å²) in [5.41, 5.74) is 2.01. The van der Waals surface area contributed by atoms with Crippen LogP contribution >= 0.6 is 0 Å². The van der Waals surface area contributed by atoms with E-state index in [1.807, 2.05) is 12.1 Å². The van der Waals surface area contributed by atoms with Crippen LogP contribution in [0, 0.1) is 0 Å². The predicted molar refractivity (Wildman–Crippen MR) is 96.5 cm³/mol. The first-order valence-corrected chi connectivity index (χ1v) is 9.57.